The van der Waals surface area contributed by atoms with E-state index < -0.39 is 5.60 Å². The minimum atomic E-state index is -0.825. The molecule has 2 rings (SSSR count). The predicted octanol–water partition coefficient (Wildman–Crippen LogP) is 1.11. The fraction of sp³-hybridized carbons (Fsp3) is 0.500. The molecule has 0 saturated heterocycles. The van der Waals surface area contributed by atoms with Gasteiger partial charge in [0.2, 0.25) is 5.82 Å². The molecule has 1 N–H and O–H groups in total. The first-order chi connectivity index (χ1) is 6.74. The number of aromatic nitrogens is 2. The van der Waals surface area contributed by atoms with Crippen LogP contribution in [0.3, 0.4) is 0 Å². The molecule has 0 aliphatic heterocycles. The van der Waals surface area contributed by atoms with Crippen LogP contribution in [0.25, 0.3) is 0 Å². The number of aliphatic hydroxyl groups is 1. The van der Waals surface area contributed by atoms with Crippen LogP contribution >= 0.6 is 0 Å². The van der Waals surface area contributed by atoms with Gasteiger partial charge in [0.1, 0.15) is 11.7 Å². The van der Waals surface area contributed by atoms with Gasteiger partial charge in [-0.25, -0.2) is 9.97 Å². The van der Waals surface area contributed by atoms with Gasteiger partial charge in [0, 0.05) is 6.20 Å². The Bertz CT molecular complexity index is 377. The van der Waals surface area contributed by atoms with Crippen molar-refractivity contribution in [2.75, 3.05) is 0 Å². The normalized spacial score (nSPS) is 19.1. The van der Waals surface area contributed by atoms with Gasteiger partial charge in [-0.05, 0) is 18.9 Å². The molecule has 0 bridgehead atoms. The summed E-state index contributed by atoms with van der Waals surface area (Å²) in [6, 6.07) is 3.56. The molecular formula is C10H11N3O. The number of hydrogen-bond donors (Lipinski definition) is 1. The highest BCUT2D eigenvalue weighted by Crippen LogP contribution is 2.37. The zero-order valence-electron chi connectivity index (χ0n) is 7.77. The second-order valence-electron chi connectivity index (χ2n) is 3.62. The van der Waals surface area contributed by atoms with Crippen LogP contribution in [-0.2, 0) is 5.60 Å². The summed E-state index contributed by atoms with van der Waals surface area (Å²) >= 11 is 0. The molecule has 1 aromatic rings. The van der Waals surface area contributed by atoms with E-state index in [0.29, 0.717) is 5.69 Å². The molecule has 1 aliphatic carbocycles. The van der Waals surface area contributed by atoms with E-state index in [-0.39, 0.29) is 5.82 Å². The van der Waals surface area contributed by atoms with Gasteiger partial charge in [-0.15, -0.1) is 0 Å². The molecule has 0 unspecified atom stereocenters. The van der Waals surface area contributed by atoms with Crippen LogP contribution in [0.5, 0.6) is 0 Å². The Kier molecular flexibility index (Phi) is 2.18. The van der Waals surface area contributed by atoms with E-state index in [9.17, 15) is 5.11 Å². The summed E-state index contributed by atoms with van der Waals surface area (Å²) in [6.45, 7) is 0. The van der Waals surface area contributed by atoms with E-state index in [4.69, 9.17) is 5.26 Å². The lowest BCUT2D eigenvalue weighted by molar-refractivity contribution is 0.0397. The van der Waals surface area contributed by atoms with Crippen molar-refractivity contribution in [1.82, 2.24) is 9.97 Å². The molecule has 0 atom stereocenters. The first-order valence-corrected chi connectivity index (χ1v) is 4.71. The molecule has 1 aromatic heterocycles. The summed E-state index contributed by atoms with van der Waals surface area (Å²) in [5.74, 6) is 0.128. The number of hydrogen-bond acceptors (Lipinski definition) is 4. The number of nitriles is 1. The third-order valence-electron chi connectivity index (χ3n) is 2.66. The summed E-state index contributed by atoms with van der Waals surface area (Å²) in [7, 11) is 0. The van der Waals surface area contributed by atoms with E-state index in [2.05, 4.69) is 9.97 Å². The van der Waals surface area contributed by atoms with E-state index in [1.807, 2.05) is 6.07 Å². The molecule has 72 valence electrons. The second-order valence-corrected chi connectivity index (χ2v) is 3.62. The van der Waals surface area contributed by atoms with Gasteiger partial charge in [-0.2, -0.15) is 5.26 Å². The molecule has 0 aromatic carbocycles. The number of nitrogens with zero attached hydrogens (tertiary/aromatic N) is 3. The van der Waals surface area contributed by atoms with E-state index in [0.717, 1.165) is 25.7 Å². The maximum absolute atomic E-state index is 10.2. The molecule has 0 amide bonds. The Morgan fingerprint density at radius 2 is 2.14 bits per heavy atom. The molecule has 4 heteroatoms. The fourth-order valence-electron chi connectivity index (χ4n) is 1.89. The van der Waals surface area contributed by atoms with Crippen molar-refractivity contribution in [2.45, 2.75) is 31.3 Å². The van der Waals surface area contributed by atoms with Gasteiger partial charge < -0.3 is 5.11 Å². The van der Waals surface area contributed by atoms with Gasteiger partial charge in [0.05, 0.1) is 5.69 Å². The maximum Gasteiger partial charge on any atom is 0.232 e. The highest BCUT2D eigenvalue weighted by molar-refractivity contribution is 5.18. The topological polar surface area (TPSA) is 69.8 Å². The minimum Gasteiger partial charge on any atom is -0.384 e. The highest BCUT2D eigenvalue weighted by Gasteiger charge is 2.34. The molecule has 1 fully saturated rings. The van der Waals surface area contributed by atoms with Gasteiger partial charge in [-0.1, -0.05) is 12.8 Å². The molecule has 0 radical (unpaired) electrons. The summed E-state index contributed by atoms with van der Waals surface area (Å²) in [6.07, 6.45) is 5.02. The predicted molar refractivity (Wildman–Crippen MR) is 49.1 cm³/mol. The SMILES string of the molecule is N#Cc1nccc(C2(O)CCCC2)n1. The molecule has 14 heavy (non-hydrogen) atoms. The molecule has 1 aliphatic rings. The summed E-state index contributed by atoms with van der Waals surface area (Å²) < 4.78 is 0. The van der Waals surface area contributed by atoms with E-state index in [1.165, 1.54) is 6.20 Å². The van der Waals surface area contributed by atoms with Gasteiger partial charge >= 0.3 is 0 Å². The largest absolute Gasteiger partial charge is 0.384 e. The van der Waals surface area contributed by atoms with Crippen LogP contribution in [0.4, 0.5) is 0 Å². The smallest absolute Gasteiger partial charge is 0.232 e. The molecule has 0 spiro atoms. The zero-order chi connectivity index (χ0) is 10.0. The van der Waals surface area contributed by atoms with E-state index >= 15 is 0 Å². The summed E-state index contributed by atoms with van der Waals surface area (Å²) in [4.78, 5) is 7.80. The van der Waals surface area contributed by atoms with Crippen LogP contribution in [0.1, 0.15) is 37.2 Å². The molecular weight excluding hydrogens is 178 g/mol. The Morgan fingerprint density at radius 1 is 1.43 bits per heavy atom. The Hall–Kier alpha value is -1.47. The van der Waals surface area contributed by atoms with Crippen LogP contribution in [0.15, 0.2) is 12.3 Å². The highest BCUT2D eigenvalue weighted by atomic mass is 16.3. The lowest BCUT2D eigenvalue weighted by Gasteiger charge is -2.20. The Balaban J connectivity index is 2.36. The first kappa shape index (κ1) is 9.10. The lowest BCUT2D eigenvalue weighted by Crippen LogP contribution is -2.23. The van der Waals surface area contributed by atoms with Crippen LogP contribution in [-0.4, -0.2) is 15.1 Å². The average Bonchev–Trinajstić information content (AvgIpc) is 2.67. The van der Waals surface area contributed by atoms with E-state index in [1.54, 1.807) is 6.07 Å². The Labute approximate surface area is 82.2 Å². The van der Waals surface area contributed by atoms with Crippen LogP contribution < -0.4 is 0 Å². The third-order valence-corrected chi connectivity index (χ3v) is 2.66. The second kappa shape index (κ2) is 3.35. The summed E-state index contributed by atoms with van der Waals surface area (Å²) in [5.41, 5.74) is -0.240. The van der Waals surface area contributed by atoms with Crippen molar-refractivity contribution in [2.24, 2.45) is 0 Å². The molecule has 1 heterocycles. The van der Waals surface area contributed by atoms with Crippen LogP contribution in [0.2, 0.25) is 0 Å². The standard InChI is InChI=1S/C10H11N3O/c11-7-9-12-6-3-8(13-9)10(14)4-1-2-5-10/h3,6,14H,1-2,4-5H2. The van der Waals surface area contributed by atoms with Crippen molar-refractivity contribution in [3.8, 4) is 6.07 Å². The van der Waals surface area contributed by atoms with Gasteiger partial charge in [0.25, 0.3) is 0 Å². The quantitative estimate of drug-likeness (QED) is 0.718. The minimum absolute atomic E-state index is 0.128. The lowest BCUT2D eigenvalue weighted by atomic mass is 9.98. The summed E-state index contributed by atoms with van der Waals surface area (Å²) in [5, 5.41) is 18.8. The van der Waals surface area contributed by atoms with Crippen molar-refractivity contribution >= 4 is 0 Å². The third kappa shape index (κ3) is 1.47. The van der Waals surface area contributed by atoms with Crippen molar-refractivity contribution in [1.29, 1.82) is 5.26 Å². The molecule has 1 saturated carbocycles. The number of rotatable bonds is 1. The Morgan fingerprint density at radius 3 is 2.79 bits per heavy atom. The van der Waals surface area contributed by atoms with Crippen LogP contribution in [0, 0.1) is 11.3 Å². The first-order valence-electron chi connectivity index (χ1n) is 4.71. The van der Waals surface area contributed by atoms with Crippen molar-refractivity contribution < 1.29 is 5.11 Å². The maximum atomic E-state index is 10.2. The van der Waals surface area contributed by atoms with Crippen molar-refractivity contribution in [3.05, 3.63) is 23.8 Å². The zero-order valence-corrected chi connectivity index (χ0v) is 7.77. The monoisotopic (exact) mass is 189 g/mol. The molecule has 4 nitrogen and oxygen atoms in total. The fourth-order valence-corrected chi connectivity index (χ4v) is 1.89. The average molecular weight is 189 g/mol. The van der Waals surface area contributed by atoms with Gasteiger partial charge in [0.15, 0.2) is 0 Å². The van der Waals surface area contributed by atoms with Crippen molar-refractivity contribution in [3.63, 3.8) is 0 Å². The van der Waals surface area contributed by atoms with Gasteiger partial charge in [-0.3, -0.25) is 0 Å².